The molecule has 1 rings (SSSR count). The lowest BCUT2D eigenvalue weighted by Crippen LogP contribution is -2.24. The lowest BCUT2D eigenvalue weighted by atomic mass is 10.0. The van der Waals surface area contributed by atoms with Crippen molar-refractivity contribution in [2.45, 2.75) is 33.2 Å². The van der Waals surface area contributed by atoms with Gasteiger partial charge in [0.15, 0.2) is 0 Å². The molecule has 1 aromatic heterocycles. The zero-order chi connectivity index (χ0) is 10.6. The van der Waals surface area contributed by atoms with Gasteiger partial charge in [-0.1, -0.05) is 20.8 Å². The lowest BCUT2D eigenvalue weighted by molar-refractivity contribution is 0.511. The molecular formula is C11H19N3. The van der Waals surface area contributed by atoms with Gasteiger partial charge in [0.25, 0.3) is 0 Å². The minimum Gasteiger partial charge on any atom is -0.397 e. The predicted octanol–water partition coefficient (Wildman–Crippen LogP) is 2.51. The second-order valence-corrected chi connectivity index (χ2v) is 3.91. The van der Waals surface area contributed by atoms with Gasteiger partial charge in [0.1, 0.15) is 0 Å². The molecule has 0 saturated carbocycles. The summed E-state index contributed by atoms with van der Waals surface area (Å²) < 4.78 is 0. The van der Waals surface area contributed by atoms with E-state index in [4.69, 9.17) is 5.73 Å². The Morgan fingerprint density at radius 3 is 2.64 bits per heavy atom. The summed E-state index contributed by atoms with van der Waals surface area (Å²) in [4.78, 5) is 4.04. The van der Waals surface area contributed by atoms with E-state index >= 15 is 0 Å². The van der Waals surface area contributed by atoms with Crippen LogP contribution in [0.1, 0.15) is 27.2 Å². The molecule has 0 amide bonds. The number of hydrogen-bond acceptors (Lipinski definition) is 3. The number of nitrogen functional groups attached to an aromatic ring is 1. The molecule has 14 heavy (non-hydrogen) atoms. The number of aromatic nitrogens is 1. The van der Waals surface area contributed by atoms with Gasteiger partial charge in [-0.05, 0) is 18.4 Å². The minimum atomic E-state index is 0.485. The number of rotatable bonds is 4. The Labute approximate surface area is 85.7 Å². The minimum absolute atomic E-state index is 0.485. The van der Waals surface area contributed by atoms with Crippen LogP contribution in [0.5, 0.6) is 0 Å². The van der Waals surface area contributed by atoms with E-state index in [1.165, 1.54) is 0 Å². The molecule has 3 N–H and O–H groups in total. The molecular weight excluding hydrogens is 174 g/mol. The summed E-state index contributed by atoms with van der Waals surface area (Å²) >= 11 is 0. The van der Waals surface area contributed by atoms with Crippen LogP contribution in [0.2, 0.25) is 0 Å². The van der Waals surface area contributed by atoms with Crippen LogP contribution in [-0.4, -0.2) is 11.0 Å². The summed E-state index contributed by atoms with van der Waals surface area (Å²) in [5.41, 5.74) is 7.36. The largest absolute Gasteiger partial charge is 0.397 e. The van der Waals surface area contributed by atoms with Gasteiger partial charge < -0.3 is 11.1 Å². The Kier molecular flexibility index (Phi) is 3.74. The second kappa shape index (κ2) is 4.84. The monoisotopic (exact) mass is 193 g/mol. The Balaban J connectivity index is 2.67. The summed E-state index contributed by atoms with van der Waals surface area (Å²) in [6, 6.07) is 2.40. The number of hydrogen-bond donors (Lipinski definition) is 2. The van der Waals surface area contributed by atoms with Crippen LogP contribution in [0.25, 0.3) is 0 Å². The fraction of sp³-hybridized carbons (Fsp3) is 0.545. The number of pyridine rings is 1. The van der Waals surface area contributed by atoms with Crippen LogP contribution in [0.4, 0.5) is 11.4 Å². The Bertz CT molecular complexity index is 284. The maximum absolute atomic E-state index is 5.65. The van der Waals surface area contributed by atoms with E-state index in [-0.39, 0.29) is 0 Å². The first-order valence-electron chi connectivity index (χ1n) is 5.10. The summed E-state index contributed by atoms with van der Waals surface area (Å²) in [6.07, 6.45) is 4.56. The smallest absolute Gasteiger partial charge is 0.0549 e. The fourth-order valence-corrected chi connectivity index (χ4v) is 1.49. The van der Waals surface area contributed by atoms with Gasteiger partial charge in [-0.15, -0.1) is 0 Å². The van der Waals surface area contributed by atoms with Gasteiger partial charge in [-0.25, -0.2) is 0 Å². The molecule has 0 aromatic carbocycles. The maximum Gasteiger partial charge on any atom is 0.0549 e. The molecule has 3 heteroatoms. The average molecular weight is 193 g/mol. The SMILES string of the molecule is CCC(Nc1cncc(N)c1)C(C)C. The van der Waals surface area contributed by atoms with E-state index in [9.17, 15) is 0 Å². The van der Waals surface area contributed by atoms with Crippen molar-refractivity contribution >= 4 is 11.4 Å². The van der Waals surface area contributed by atoms with E-state index in [0.29, 0.717) is 17.6 Å². The summed E-state index contributed by atoms with van der Waals surface area (Å²) in [7, 11) is 0. The highest BCUT2D eigenvalue weighted by Crippen LogP contribution is 2.15. The highest BCUT2D eigenvalue weighted by atomic mass is 14.9. The van der Waals surface area contributed by atoms with E-state index in [0.717, 1.165) is 12.1 Å². The molecule has 0 spiro atoms. The first-order valence-corrected chi connectivity index (χ1v) is 5.10. The third kappa shape index (κ3) is 2.91. The van der Waals surface area contributed by atoms with E-state index in [1.807, 2.05) is 6.07 Å². The normalized spacial score (nSPS) is 12.9. The van der Waals surface area contributed by atoms with Crippen molar-refractivity contribution in [2.75, 3.05) is 11.1 Å². The van der Waals surface area contributed by atoms with Crippen LogP contribution in [0, 0.1) is 5.92 Å². The zero-order valence-corrected chi connectivity index (χ0v) is 9.12. The molecule has 1 atom stereocenters. The average Bonchev–Trinajstić information content (AvgIpc) is 2.14. The topological polar surface area (TPSA) is 50.9 Å². The van der Waals surface area contributed by atoms with E-state index in [2.05, 4.69) is 31.1 Å². The first-order chi connectivity index (χ1) is 6.63. The summed E-state index contributed by atoms with van der Waals surface area (Å²) in [5.74, 6) is 0.612. The molecule has 1 unspecified atom stereocenters. The third-order valence-corrected chi connectivity index (χ3v) is 2.36. The molecule has 1 aromatic rings. The molecule has 0 aliphatic carbocycles. The third-order valence-electron chi connectivity index (χ3n) is 2.36. The molecule has 0 aliphatic rings. The Hall–Kier alpha value is -1.25. The van der Waals surface area contributed by atoms with E-state index < -0.39 is 0 Å². The highest BCUT2D eigenvalue weighted by Gasteiger charge is 2.10. The van der Waals surface area contributed by atoms with E-state index in [1.54, 1.807) is 12.4 Å². The van der Waals surface area contributed by atoms with Gasteiger partial charge in [-0.2, -0.15) is 0 Å². The van der Waals surface area contributed by atoms with Crippen molar-refractivity contribution < 1.29 is 0 Å². The van der Waals surface area contributed by atoms with Crippen molar-refractivity contribution in [3.63, 3.8) is 0 Å². The van der Waals surface area contributed by atoms with Crippen molar-refractivity contribution in [3.05, 3.63) is 18.5 Å². The summed E-state index contributed by atoms with van der Waals surface area (Å²) in [6.45, 7) is 6.60. The van der Waals surface area contributed by atoms with Gasteiger partial charge in [0, 0.05) is 12.2 Å². The van der Waals surface area contributed by atoms with Crippen LogP contribution in [0.3, 0.4) is 0 Å². The van der Waals surface area contributed by atoms with Crippen LogP contribution in [-0.2, 0) is 0 Å². The van der Waals surface area contributed by atoms with Crippen molar-refractivity contribution in [1.29, 1.82) is 0 Å². The molecule has 78 valence electrons. The highest BCUT2D eigenvalue weighted by molar-refractivity contribution is 5.51. The fourth-order valence-electron chi connectivity index (χ4n) is 1.49. The van der Waals surface area contributed by atoms with Crippen molar-refractivity contribution in [2.24, 2.45) is 5.92 Å². The predicted molar refractivity (Wildman–Crippen MR) is 61.2 cm³/mol. The van der Waals surface area contributed by atoms with Crippen molar-refractivity contribution in [3.8, 4) is 0 Å². The van der Waals surface area contributed by atoms with Gasteiger partial charge in [-0.3, -0.25) is 4.98 Å². The first kappa shape index (κ1) is 10.8. The molecule has 0 saturated heterocycles. The second-order valence-electron chi connectivity index (χ2n) is 3.91. The standard InChI is InChI=1S/C11H19N3/c1-4-11(8(2)3)14-10-5-9(12)6-13-7-10/h5-8,11,14H,4,12H2,1-3H3. The van der Waals surface area contributed by atoms with Crippen LogP contribution >= 0.6 is 0 Å². The van der Waals surface area contributed by atoms with Gasteiger partial charge >= 0.3 is 0 Å². The number of nitrogens with one attached hydrogen (secondary N) is 1. The van der Waals surface area contributed by atoms with Crippen LogP contribution < -0.4 is 11.1 Å². The zero-order valence-electron chi connectivity index (χ0n) is 9.12. The number of nitrogens with zero attached hydrogens (tertiary/aromatic N) is 1. The Morgan fingerprint density at radius 2 is 2.14 bits per heavy atom. The molecule has 0 radical (unpaired) electrons. The van der Waals surface area contributed by atoms with Gasteiger partial charge in [0.2, 0.25) is 0 Å². The molecule has 3 nitrogen and oxygen atoms in total. The lowest BCUT2D eigenvalue weighted by Gasteiger charge is -2.21. The van der Waals surface area contributed by atoms with Crippen LogP contribution in [0.15, 0.2) is 18.5 Å². The van der Waals surface area contributed by atoms with Crippen molar-refractivity contribution in [1.82, 2.24) is 4.98 Å². The maximum atomic E-state index is 5.65. The molecule has 1 heterocycles. The number of nitrogens with two attached hydrogens (primary N) is 1. The summed E-state index contributed by atoms with van der Waals surface area (Å²) in [5, 5.41) is 3.43. The van der Waals surface area contributed by atoms with Gasteiger partial charge in [0.05, 0.1) is 17.6 Å². The molecule has 0 bridgehead atoms. The number of anilines is 2. The molecule has 0 fully saturated rings. The quantitative estimate of drug-likeness (QED) is 0.772. The Morgan fingerprint density at radius 1 is 1.43 bits per heavy atom. The molecule has 0 aliphatic heterocycles.